The van der Waals surface area contributed by atoms with E-state index in [4.69, 9.17) is 9.47 Å². The zero-order valence-corrected chi connectivity index (χ0v) is 12.6. The van der Waals surface area contributed by atoms with Crippen molar-refractivity contribution < 1.29 is 29.6 Å². The summed E-state index contributed by atoms with van der Waals surface area (Å²) in [6.45, 7) is 3.61. The van der Waals surface area contributed by atoms with Crippen LogP contribution in [0.3, 0.4) is 0 Å². The van der Waals surface area contributed by atoms with Crippen molar-refractivity contribution in [3.8, 4) is 0 Å². The summed E-state index contributed by atoms with van der Waals surface area (Å²) >= 11 is 0. The van der Waals surface area contributed by atoms with E-state index >= 15 is 0 Å². The van der Waals surface area contributed by atoms with E-state index in [-0.39, 0.29) is 19.0 Å². The summed E-state index contributed by atoms with van der Waals surface area (Å²) < 4.78 is 11.7. The number of aliphatic hydroxyl groups excluding tert-OH is 3. The minimum absolute atomic E-state index is 0.0905. The van der Waals surface area contributed by atoms with Gasteiger partial charge in [0.15, 0.2) is 6.29 Å². The largest absolute Gasteiger partial charge is 0.388 e. The molecule has 0 aromatic carbocycles. The maximum absolute atomic E-state index is 11.1. The standard InChI is InChI=1S/C13H20N4O6/c1-3-9(18)14-4-7-5-17(16-15-7)6-8-10(19)11(20)12(21)13(22-2)23-8/h3,5,8,10-13,19-21H,1,4,6H2,2H3,(H,14,18). The molecule has 5 atom stereocenters. The second-order valence-corrected chi connectivity index (χ2v) is 5.10. The topological polar surface area (TPSA) is 139 Å². The highest BCUT2D eigenvalue weighted by Gasteiger charge is 2.44. The van der Waals surface area contributed by atoms with Crippen LogP contribution in [0.5, 0.6) is 0 Å². The minimum Gasteiger partial charge on any atom is -0.388 e. The van der Waals surface area contributed by atoms with E-state index in [1.807, 2.05) is 0 Å². The number of rotatable bonds is 6. The number of hydrogen-bond acceptors (Lipinski definition) is 8. The molecule has 23 heavy (non-hydrogen) atoms. The Kier molecular flexibility index (Phi) is 5.80. The fourth-order valence-electron chi connectivity index (χ4n) is 2.21. The van der Waals surface area contributed by atoms with E-state index < -0.39 is 30.7 Å². The molecular formula is C13H20N4O6. The average molecular weight is 328 g/mol. The van der Waals surface area contributed by atoms with Crippen LogP contribution in [-0.2, 0) is 27.4 Å². The quantitative estimate of drug-likeness (QED) is 0.422. The number of amides is 1. The summed E-state index contributed by atoms with van der Waals surface area (Å²) in [7, 11) is 1.32. The summed E-state index contributed by atoms with van der Waals surface area (Å²) in [6, 6.07) is 0. The van der Waals surface area contributed by atoms with Gasteiger partial charge in [-0.1, -0.05) is 11.8 Å². The number of aromatic nitrogens is 3. The summed E-state index contributed by atoms with van der Waals surface area (Å²) in [6.07, 6.45) is -3.21. The molecule has 2 heterocycles. The van der Waals surface area contributed by atoms with Crippen LogP contribution in [-0.4, -0.2) is 74.0 Å². The first-order chi connectivity index (χ1) is 11.0. The first kappa shape index (κ1) is 17.5. The average Bonchev–Trinajstić information content (AvgIpc) is 3.00. The van der Waals surface area contributed by atoms with Crippen LogP contribution >= 0.6 is 0 Å². The molecule has 1 aromatic rings. The van der Waals surface area contributed by atoms with Gasteiger partial charge in [0.2, 0.25) is 5.91 Å². The molecule has 2 rings (SSSR count). The molecule has 5 unspecified atom stereocenters. The highest BCUT2D eigenvalue weighted by molar-refractivity contribution is 5.86. The van der Waals surface area contributed by atoms with E-state index in [9.17, 15) is 20.1 Å². The van der Waals surface area contributed by atoms with E-state index in [1.54, 1.807) is 6.20 Å². The molecule has 10 nitrogen and oxygen atoms in total. The lowest BCUT2D eigenvalue weighted by atomic mass is 9.99. The molecule has 1 aliphatic rings. The number of carbonyl (C=O) groups is 1. The fourth-order valence-corrected chi connectivity index (χ4v) is 2.21. The van der Waals surface area contributed by atoms with Crippen molar-refractivity contribution in [3.63, 3.8) is 0 Å². The van der Waals surface area contributed by atoms with Crippen LogP contribution in [0.4, 0.5) is 0 Å². The number of methoxy groups -OCH3 is 1. The monoisotopic (exact) mass is 328 g/mol. The molecule has 1 aromatic heterocycles. The smallest absolute Gasteiger partial charge is 0.243 e. The highest BCUT2D eigenvalue weighted by atomic mass is 16.7. The number of aliphatic hydroxyl groups is 3. The summed E-state index contributed by atoms with van der Waals surface area (Å²) in [4.78, 5) is 11.1. The van der Waals surface area contributed by atoms with Crippen molar-refractivity contribution in [2.24, 2.45) is 0 Å². The highest BCUT2D eigenvalue weighted by Crippen LogP contribution is 2.22. The Morgan fingerprint density at radius 2 is 2.22 bits per heavy atom. The molecule has 0 saturated carbocycles. The van der Waals surface area contributed by atoms with Gasteiger partial charge in [0.25, 0.3) is 0 Å². The summed E-state index contributed by atoms with van der Waals surface area (Å²) in [5, 5.41) is 39.8. The third-order valence-corrected chi connectivity index (χ3v) is 3.48. The maximum atomic E-state index is 11.1. The predicted octanol–water partition coefficient (Wildman–Crippen LogP) is -2.47. The zero-order valence-electron chi connectivity index (χ0n) is 12.6. The van der Waals surface area contributed by atoms with Crippen LogP contribution in [0.1, 0.15) is 5.69 Å². The lowest BCUT2D eigenvalue weighted by Gasteiger charge is -2.39. The molecule has 4 N–H and O–H groups in total. The van der Waals surface area contributed by atoms with Gasteiger partial charge >= 0.3 is 0 Å². The van der Waals surface area contributed by atoms with Crippen molar-refractivity contribution in [3.05, 3.63) is 24.5 Å². The number of carbonyl (C=O) groups excluding carboxylic acids is 1. The molecule has 1 saturated heterocycles. The van der Waals surface area contributed by atoms with Crippen LogP contribution in [0.15, 0.2) is 18.9 Å². The first-order valence-electron chi connectivity index (χ1n) is 6.98. The van der Waals surface area contributed by atoms with Gasteiger partial charge in [0.05, 0.1) is 19.3 Å². The van der Waals surface area contributed by atoms with Gasteiger partial charge in [-0.2, -0.15) is 0 Å². The molecule has 0 aliphatic carbocycles. The van der Waals surface area contributed by atoms with Gasteiger partial charge < -0.3 is 30.1 Å². The van der Waals surface area contributed by atoms with Crippen molar-refractivity contribution >= 4 is 5.91 Å². The summed E-state index contributed by atoms with van der Waals surface area (Å²) in [5.74, 6) is -0.328. The Labute approximate surface area is 132 Å². The van der Waals surface area contributed by atoms with E-state index in [0.717, 1.165) is 6.08 Å². The van der Waals surface area contributed by atoms with Crippen LogP contribution in [0.2, 0.25) is 0 Å². The Bertz CT molecular complexity index is 548. The molecule has 128 valence electrons. The summed E-state index contributed by atoms with van der Waals surface area (Å²) in [5.41, 5.74) is 0.509. The van der Waals surface area contributed by atoms with Gasteiger partial charge in [0.1, 0.15) is 30.1 Å². The van der Waals surface area contributed by atoms with Gasteiger partial charge in [-0.05, 0) is 6.08 Å². The van der Waals surface area contributed by atoms with Crippen molar-refractivity contribution in [2.75, 3.05) is 7.11 Å². The third-order valence-electron chi connectivity index (χ3n) is 3.48. The Morgan fingerprint density at radius 3 is 2.87 bits per heavy atom. The minimum atomic E-state index is -1.39. The normalized spacial score (nSPS) is 30.9. The zero-order chi connectivity index (χ0) is 17.0. The Morgan fingerprint density at radius 1 is 1.48 bits per heavy atom. The van der Waals surface area contributed by atoms with Gasteiger partial charge in [0, 0.05) is 7.11 Å². The van der Waals surface area contributed by atoms with Crippen LogP contribution in [0, 0.1) is 0 Å². The third kappa shape index (κ3) is 4.12. The van der Waals surface area contributed by atoms with Gasteiger partial charge in [-0.15, -0.1) is 5.10 Å². The molecule has 1 aliphatic heterocycles. The van der Waals surface area contributed by atoms with Crippen LogP contribution in [0.25, 0.3) is 0 Å². The van der Waals surface area contributed by atoms with E-state index in [1.165, 1.54) is 11.8 Å². The maximum Gasteiger partial charge on any atom is 0.243 e. The molecular weight excluding hydrogens is 308 g/mol. The SMILES string of the molecule is C=CC(=O)NCc1cn(CC2OC(OC)C(O)C(O)C2O)nn1. The molecule has 1 fully saturated rings. The molecule has 10 heteroatoms. The lowest BCUT2D eigenvalue weighted by molar-refractivity contribution is -0.292. The van der Waals surface area contributed by atoms with Gasteiger partial charge in [-0.3, -0.25) is 4.79 Å². The van der Waals surface area contributed by atoms with Crippen molar-refractivity contribution in [2.45, 2.75) is 43.8 Å². The fraction of sp³-hybridized carbons (Fsp3) is 0.615. The number of nitrogens with one attached hydrogen (secondary N) is 1. The van der Waals surface area contributed by atoms with E-state index in [0.29, 0.717) is 5.69 Å². The number of nitrogens with zero attached hydrogens (tertiary/aromatic N) is 3. The molecule has 0 radical (unpaired) electrons. The molecule has 0 spiro atoms. The van der Waals surface area contributed by atoms with Crippen molar-refractivity contribution in [1.29, 1.82) is 0 Å². The molecule has 0 bridgehead atoms. The second-order valence-electron chi connectivity index (χ2n) is 5.10. The van der Waals surface area contributed by atoms with Crippen LogP contribution < -0.4 is 5.32 Å². The van der Waals surface area contributed by atoms with Crippen molar-refractivity contribution in [1.82, 2.24) is 20.3 Å². The number of ether oxygens (including phenoxy) is 2. The lowest BCUT2D eigenvalue weighted by Crippen LogP contribution is -2.58. The van der Waals surface area contributed by atoms with E-state index in [2.05, 4.69) is 22.2 Å². The second kappa shape index (κ2) is 7.62. The molecule has 1 amide bonds. The van der Waals surface area contributed by atoms with Gasteiger partial charge in [-0.25, -0.2) is 4.68 Å². The first-order valence-corrected chi connectivity index (χ1v) is 6.98. The Balaban J connectivity index is 1.97. The number of hydrogen-bond donors (Lipinski definition) is 4. The Hall–Kier alpha value is -1.85. The predicted molar refractivity (Wildman–Crippen MR) is 75.8 cm³/mol.